The first-order chi connectivity index (χ1) is 15.7. The van der Waals surface area contributed by atoms with Crippen LogP contribution in [0.2, 0.25) is 0 Å². The number of halogens is 6. The van der Waals surface area contributed by atoms with Crippen molar-refractivity contribution in [2.45, 2.75) is 17.4 Å². The molecule has 14 heteroatoms. The number of alkyl halides is 6. The first-order valence-corrected chi connectivity index (χ1v) is 11.0. The monoisotopic (exact) mass is 510 g/mol. The van der Waals surface area contributed by atoms with E-state index in [9.17, 15) is 44.3 Å². The van der Waals surface area contributed by atoms with Crippen LogP contribution in [0.1, 0.15) is 15.9 Å². The van der Waals surface area contributed by atoms with Crippen molar-refractivity contribution in [1.82, 2.24) is 9.21 Å². The number of amides is 1. The van der Waals surface area contributed by atoms with Crippen molar-refractivity contribution in [3.8, 4) is 5.75 Å². The summed E-state index contributed by atoms with van der Waals surface area (Å²) < 4.78 is 105. The minimum absolute atomic E-state index is 0.210. The molecule has 1 fully saturated rings. The van der Waals surface area contributed by atoms with E-state index in [4.69, 9.17) is 0 Å². The molecule has 2 aromatic rings. The molecule has 3 rings (SSSR count). The third-order valence-electron chi connectivity index (χ3n) is 4.87. The molecule has 0 atom stereocenters. The van der Waals surface area contributed by atoms with Crippen molar-refractivity contribution < 1.29 is 49.1 Å². The van der Waals surface area contributed by atoms with Crippen molar-refractivity contribution in [3.63, 3.8) is 0 Å². The van der Waals surface area contributed by atoms with Gasteiger partial charge in [0.15, 0.2) is 0 Å². The Kier molecular flexibility index (Phi) is 6.94. The van der Waals surface area contributed by atoms with Crippen LogP contribution >= 0.6 is 0 Å². The largest absolute Gasteiger partial charge is 0.573 e. The van der Waals surface area contributed by atoms with E-state index in [0.717, 1.165) is 51.7 Å². The zero-order chi connectivity index (χ0) is 25.3. The SMILES string of the molecule is O=C(C(=O)N1CCN(S(=O)(=O)c2ccc(OC(F)(F)F)cc2)CC1)c1cccc(C(F)(F)F)c1. The Bertz CT molecular complexity index is 1170. The third kappa shape index (κ3) is 5.86. The van der Waals surface area contributed by atoms with Crippen molar-refractivity contribution in [2.75, 3.05) is 26.2 Å². The van der Waals surface area contributed by atoms with E-state index in [0.29, 0.717) is 6.07 Å². The third-order valence-corrected chi connectivity index (χ3v) is 6.78. The lowest BCUT2D eigenvalue weighted by molar-refractivity contribution is -0.274. The predicted molar refractivity (Wildman–Crippen MR) is 104 cm³/mol. The quantitative estimate of drug-likeness (QED) is 0.350. The van der Waals surface area contributed by atoms with Gasteiger partial charge in [-0.2, -0.15) is 17.5 Å². The molecule has 1 aliphatic rings. The Labute approximate surface area is 189 Å². The number of hydrogen-bond acceptors (Lipinski definition) is 5. The van der Waals surface area contributed by atoms with Crippen LogP contribution in [-0.4, -0.2) is 61.9 Å². The fourth-order valence-corrected chi connectivity index (χ4v) is 4.62. The molecule has 0 saturated carbocycles. The number of carbonyl (C=O) groups excluding carboxylic acids is 2. The summed E-state index contributed by atoms with van der Waals surface area (Å²) in [5.41, 5.74) is -1.54. The fourth-order valence-electron chi connectivity index (χ4n) is 3.20. The van der Waals surface area contributed by atoms with E-state index in [1.165, 1.54) is 0 Å². The number of hydrogen-bond donors (Lipinski definition) is 0. The van der Waals surface area contributed by atoms with Gasteiger partial charge in [-0.05, 0) is 36.4 Å². The molecule has 0 aliphatic carbocycles. The van der Waals surface area contributed by atoms with Gasteiger partial charge in [0.2, 0.25) is 15.8 Å². The van der Waals surface area contributed by atoms with Crippen molar-refractivity contribution in [2.24, 2.45) is 0 Å². The molecule has 184 valence electrons. The van der Waals surface area contributed by atoms with Crippen molar-refractivity contribution in [1.29, 1.82) is 0 Å². The number of nitrogens with zero attached hydrogens (tertiary/aromatic N) is 2. The maximum Gasteiger partial charge on any atom is 0.573 e. The molecule has 0 aromatic heterocycles. The molecule has 7 nitrogen and oxygen atoms in total. The summed E-state index contributed by atoms with van der Waals surface area (Å²) in [6.45, 7) is -0.883. The fraction of sp³-hybridized carbons (Fsp3) is 0.300. The molecule has 0 spiro atoms. The molecular weight excluding hydrogens is 494 g/mol. The number of ether oxygens (including phenoxy) is 1. The smallest absolute Gasteiger partial charge is 0.406 e. The zero-order valence-electron chi connectivity index (χ0n) is 17.1. The van der Waals surface area contributed by atoms with E-state index in [-0.39, 0.29) is 31.1 Å². The summed E-state index contributed by atoms with van der Waals surface area (Å²) in [4.78, 5) is 25.5. The van der Waals surface area contributed by atoms with Crippen LogP contribution in [0.25, 0.3) is 0 Å². The molecule has 0 bridgehead atoms. The number of ketones is 1. The highest BCUT2D eigenvalue weighted by molar-refractivity contribution is 7.89. The van der Waals surface area contributed by atoms with Crippen LogP contribution in [0.4, 0.5) is 26.3 Å². The molecule has 0 N–H and O–H groups in total. The Morgan fingerprint density at radius 2 is 1.44 bits per heavy atom. The molecule has 1 aliphatic heterocycles. The van der Waals surface area contributed by atoms with Crippen LogP contribution in [0.5, 0.6) is 5.75 Å². The van der Waals surface area contributed by atoms with Crippen LogP contribution < -0.4 is 4.74 Å². The summed E-state index contributed by atoms with van der Waals surface area (Å²) in [6, 6.07) is 6.94. The minimum Gasteiger partial charge on any atom is -0.406 e. The molecule has 1 saturated heterocycles. The topological polar surface area (TPSA) is 84.0 Å². The van der Waals surface area contributed by atoms with E-state index < -0.39 is 51.1 Å². The number of benzene rings is 2. The van der Waals surface area contributed by atoms with Gasteiger partial charge < -0.3 is 9.64 Å². The second-order valence-corrected chi connectivity index (χ2v) is 9.06. The van der Waals surface area contributed by atoms with E-state index in [1.54, 1.807) is 0 Å². The van der Waals surface area contributed by atoms with E-state index >= 15 is 0 Å². The van der Waals surface area contributed by atoms with Gasteiger partial charge in [0, 0.05) is 31.7 Å². The average molecular weight is 510 g/mol. The standard InChI is InChI=1S/C20H16F6N2O5S/c21-19(22,23)14-3-1-2-13(12-14)17(29)18(30)27-8-10-28(11-9-27)34(31,32)16-6-4-15(5-7-16)33-20(24,25)26/h1-7,12H,8-11H2. The highest BCUT2D eigenvalue weighted by atomic mass is 32.2. The molecule has 1 heterocycles. The number of sulfonamides is 1. The maximum atomic E-state index is 12.9. The number of piperazine rings is 1. The van der Waals surface area contributed by atoms with Gasteiger partial charge in [-0.15, -0.1) is 13.2 Å². The van der Waals surface area contributed by atoms with Gasteiger partial charge in [-0.1, -0.05) is 12.1 Å². The summed E-state index contributed by atoms with van der Waals surface area (Å²) >= 11 is 0. The van der Waals surface area contributed by atoms with Gasteiger partial charge >= 0.3 is 12.5 Å². The van der Waals surface area contributed by atoms with Crippen molar-refractivity contribution in [3.05, 3.63) is 59.7 Å². The Hall–Kier alpha value is -3.13. The molecule has 1 amide bonds. The van der Waals surface area contributed by atoms with Gasteiger partial charge in [-0.25, -0.2) is 8.42 Å². The second-order valence-electron chi connectivity index (χ2n) is 7.12. The van der Waals surface area contributed by atoms with Gasteiger partial charge in [0.1, 0.15) is 5.75 Å². The Morgan fingerprint density at radius 3 is 1.97 bits per heavy atom. The van der Waals surface area contributed by atoms with Crippen LogP contribution in [0.15, 0.2) is 53.4 Å². The second kappa shape index (κ2) is 9.25. The summed E-state index contributed by atoms with van der Waals surface area (Å²) in [7, 11) is -4.12. The van der Waals surface area contributed by atoms with Gasteiger partial charge in [-0.3, -0.25) is 9.59 Å². The lowest BCUT2D eigenvalue weighted by atomic mass is 10.1. The highest BCUT2D eigenvalue weighted by Crippen LogP contribution is 2.30. The first kappa shape index (κ1) is 25.5. The molecule has 2 aromatic carbocycles. The van der Waals surface area contributed by atoms with Gasteiger partial charge in [0.25, 0.3) is 5.91 Å². The number of Topliss-reactive ketones (excluding diaryl/α,β-unsaturated/α-hetero) is 1. The highest BCUT2D eigenvalue weighted by Gasteiger charge is 2.35. The molecule has 0 radical (unpaired) electrons. The summed E-state index contributed by atoms with van der Waals surface area (Å²) in [5.74, 6) is -2.84. The molecule has 0 unspecified atom stereocenters. The molecule has 34 heavy (non-hydrogen) atoms. The average Bonchev–Trinajstić information content (AvgIpc) is 2.77. The van der Waals surface area contributed by atoms with Crippen LogP contribution in [0.3, 0.4) is 0 Å². The Balaban J connectivity index is 1.65. The minimum atomic E-state index is -4.94. The summed E-state index contributed by atoms with van der Waals surface area (Å²) in [5, 5.41) is 0. The van der Waals surface area contributed by atoms with Crippen molar-refractivity contribution >= 4 is 21.7 Å². The number of rotatable bonds is 5. The van der Waals surface area contributed by atoms with Crippen LogP contribution in [0, 0.1) is 0 Å². The lowest BCUT2D eigenvalue weighted by Gasteiger charge is -2.33. The lowest BCUT2D eigenvalue weighted by Crippen LogP contribution is -2.52. The Morgan fingerprint density at radius 1 is 0.853 bits per heavy atom. The predicted octanol–water partition coefficient (Wildman–Crippen LogP) is 3.32. The number of carbonyl (C=O) groups is 2. The van der Waals surface area contributed by atoms with E-state index in [2.05, 4.69) is 4.74 Å². The first-order valence-electron chi connectivity index (χ1n) is 9.55. The summed E-state index contributed by atoms with van der Waals surface area (Å²) in [6.07, 6.45) is -9.63. The van der Waals surface area contributed by atoms with E-state index in [1.807, 2.05) is 0 Å². The zero-order valence-corrected chi connectivity index (χ0v) is 17.9. The van der Waals surface area contributed by atoms with Gasteiger partial charge in [0.05, 0.1) is 10.5 Å². The molecular formula is C20H16F6N2O5S. The normalized spacial score (nSPS) is 15.8. The van der Waals surface area contributed by atoms with Crippen LogP contribution in [-0.2, 0) is 21.0 Å². The maximum absolute atomic E-state index is 12.9.